The number of nitrogens with zero attached hydrogens (tertiary/aromatic N) is 1. The number of nitrogens with two attached hydrogens (primary N) is 1. The molecule has 1 rings (SSSR count). The molecular formula is C8H14ClN3OS. The molecule has 0 fully saturated rings. The molecule has 1 atom stereocenters. The number of carbonyl (C=O) groups is 1. The zero-order chi connectivity index (χ0) is 9.84. The summed E-state index contributed by atoms with van der Waals surface area (Å²) in [6.45, 7) is 3.69. The molecule has 0 bridgehead atoms. The van der Waals surface area contributed by atoms with Gasteiger partial charge in [-0.15, -0.1) is 23.7 Å². The van der Waals surface area contributed by atoms with Crippen molar-refractivity contribution in [2.45, 2.75) is 26.3 Å². The maximum atomic E-state index is 11.1. The van der Waals surface area contributed by atoms with Gasteiger partial charge >= 0.3 is 0 Å². The van der Waals surface area contributed by atoms with Crippen LogP contribution in [0.15, 0.2) is 6.20 Å². The van der Waals surface area contributed by atoms with E-state index in [4.69, 9.17) is 5.73 Å². The number of hydrogen-bond donors (Lipinski definition) is 2. The van der Waals surface area contributed by atoms with Crippen LogP contribution in [0.25, 0.3) is 0 Å². The van der Waals surface area contributed by atoms with Crippen molar-refractivity contribution in [3.8, 4) is 0 Å². The molecule has 0 spiro atoms. The average Bonchev–Trinajstić information content (AvgIpc) is 2.52. The number of aromatic nitrogens is 1. The van der Waals surface area contributed by atoms with Crippen LogP contribution in [0.1, 0.15) is 18.7 Å². The quantitative estimate of drug-likeness (QED) is 0.833. The fourth-order valence-corrected chi connectivity index (χ4v) is 1.50. The first-order valence-corrected chi connectivity index (χ1v) is 4.96. The van der Waals surface area contributed by atoms with Gasteiger partial charge in [-0.05, 0) is 13.3 Å². The van der Waals surface area contributed by atoms with Crippen molar-refractivity contribution in [2.75, 3.05) is 5.32 Å². The summed E-state index contributed by atoms with van der Waals surface area (Å²) in [5.74, 6) is -0.197. The van der Waals surface area contributed by atoms with Crippen molar-refractivity contribution in [1.29, 1.82) is 0 Å². The first-order chi connectivity index (χ1) is 6.13. The Morgan fingerprint density at radius 3 is 2.86 bits per heavy atom. The number of halogens is 1. The van der Waals surface area contributed by atoms with E-state index in [0.29, 0.717) is 5.13 Å². The molecule has 6 heteroatoms. The van der Waals surface area contributed by atoms with Crippen molar-refractivity contribution < 1.29 is 4.79 Å². The van der Waals surface area contributed by atoms with Gasteiger partial charge < -0.3 is 11.1 Å². The van der Waals surface area contributed by atoms with Crippen LogP contribution in [-0.4, -0.2) is 16.9 Å². The molecule has 3 N–H and O–H groups in total. The highest BCUT2D eigenvalue weighted by Crippen LogP contribution is 2.18. The summed E-state index contributed by atoms with van der Waals surface area (Å²) >= 11 is 1.48. The zero-order valence-electron chi connectivity index (χ0n) is 8.11. The molecule has 0 aromatic carbocycles. The molecule has 80 valence electrons. The van der Waals surface area contributed by atoms with E-state index in [-0.39, 0.29) is 18.3 Å². The van der Waals surface area contributed by atoms with Crippen molar-refractivity contribution >= 4 is 34.8 Å². The normalized spacial score (nSPS) is 11.6. The lowest BCUT2D eigenvalue weighted by atomic mass is 10.3. The van der Waals surface area contributed by atoms with Gasteiger partial charge in [0.15, 0.2) is 5.13 Å². The van der Waals surface area contributed by atoms with E-state index in [1.807, 2.05) is 6.92 Å². The molecule has 0 aliphatic carbocycles. The van der Waals surface area contributed by atoms with Crippen LogP contribution >= 0.6 is 23.7 Å². The third-order valence-corrected chi connectivity index (χ3v) is 2.60. The number of anilines is 1. The van der Waals surface area contributed by atoms with Gasteiger partial charge in [0, 0.05) is 11.1 Å². The number of rotatable bonds is 3. The minimum absolute atomic E-state index is 0. The van der Waals surface area contributed by atoms with Gasteiger partial charge in [-0.2, -0.15) is 0 Å². The Balaban J connectivity index is 0.00000169. The molecule has 0 radical (unpaired) electrons. The molecule has 4 nitrogen and oxygen atoms in total. The van der Waals surface area contributed by atoms with Gasteiger partial charge in [0.25, 0.3) is 0 Å². The van der Waals surface area contributed by atoms with Gasteiger partial charge in [0.1, 0.15) is 0 Å². The highest BCUT2D eigenvalue weighted by molar-refractivity contribution is 7.15. The highest BCUT2D eigenvalue weighted by Gasteiger charge is 2.09. The zero-order valence-corrected chi connectivity index (χ0v) is 9.74. The van der Waals surface area contributed by atoms with Crippen LogP contribution in [0.5, 0.6) is 0 Å². The summed E-state index contributed by atoms with van der Waals surface area (Å²) in [5.41, 5.74) is 5.39. The van der Waals surface area contributed by atoms with Gasteiger partial charge in [0.2, 0.25) is 5.91 Å². The summed E-state index contributed by atoms with van der Waals surface area (Å²) < 4.78 is 0. The van der Waals surface area contributed by atoms with Crippen molar-refractivity contribution in [2.24, 2.45) is 5.73 Å². The lowest BCUT2D eigenvalue weighted by Crippen LogP contribution is -2.32. The largest absolute Gasteiger partial charge is 0.320 e. The Labute approximate surface area is 93.3 Å². The second-order valence-electron chi connectivity index (χ2n) is 2.76. The Hall–Kier alpha value is -0.650. The Kier molecular flexibility index (Phi) is 5.68. The van der Waals surface area contributed by atoms with E-state index < -0.39 is 6.04 Å². The maximum absolute atomic E-state index is 11.1. The van der Waals surface area contributed by atoms with Crippen LogP contribution in [0.4, 0.5) is 5.13 Å². The van der Waals surface area contributed by atoms with E-state index in [9.17, 15) is 4.79 Å². The molecular weight excluding hydrogens is 222 g/mol. The van der Waals surface area contributed by atoms with Crippen molar-refractivity contribution in [3.63, 3.8) is 0 Å². The molecule has 0 aliphatic rings. The number of thiazole rings is 1. The van der Waals surface area contributed by atoms with Gasteiger partial charge in [-0.1, -0.05) is 6.92 Å². The van der Waals surface area contributed by atoms with E-state index in [2.05, 4.69) is 10.3 Å². The number of hydrogen-bond acceptors (Lipinski definition) is 4. The molecule has 1 aromatic heterocycles. The summed E-state index contributed by atoms with van der Waals surface area (Å²) in [7, 11) is 0. The van der Waals surface area contributed by atoms with Crippen molar-refractivity contribution in [1.82, 2.24) is 4.98 Å². The van der Waals surface area contributed by atoms with E-state index in [0.717, 1.165) is 11.3 Å². The molecule has 1 amide bonds. The van der Waals surface area contributed by atoms with Crippen LogP contribution in [0.3, 0.4) is 0 Å². The average molecular weight is 236 g/mol. The molecule has 1 unspecified atom stereocenters. The van der Waals surface area contributed by atoms with Crippen LogP contribution in [-0.2, 0) is 11.2 Å². The number of aryl methyl sites for hydroxylation is 1. The maximum Gasteiger partial charge on any atom is 0.242 e. The minimum Gasteiger partial charge on any atom is -0.320 e. The third kappa shape index (κ3) is 3.61. The van der Waals surface area contributed by atoms with Crippen LogP contribution in [0, 0.1) is 0 Å². The summed E-state index contributed by atoms with van der Waals surface area (Å²) in [6, 6.07) is -0.492. The van der Waals surface area contributed by atoms with Crippen molar-refractivity contribution in [3.05, 3.63) is 11.1 Å². The lowest BCUT2D eigenvalue weighted by molar-refractivity contribution is -0.117. The standard InChI is InChI=1S/C8H13N3OS.ClH/c1-3-6-4-10-8(13-6)11-7(12)5(2)9;/h4-5H,3,9H2,1-2H3,(H,10,11,12);1H. The lowest BCUT2D eigenvalue weighted by Gasteiger charge is -2.03. The Morgan fingerprint density at radius 2 is 2.43 bits per heavy atom. The van der Waals surface area contributed by atoms with Crippen LogP contribution in [0.2, 0.25) is 0 Å². The number of nitrogens with one attached hydrogen (secondary N) is 1. The molecule has 1 aromatic rings. The SMILES string of the molecule is CCc1cnc(NC(=O)C(C)N)s1.Cl. The number of amides is 1. The van der Waals surface area contributed by atoms with Crippen LogP contribution < -0.4 is 11.1 Å². The first-order valence-electron chi connectivity index (χ1n) is 4.14. The second kappa shape index (κ2) is 5.95. The summed E-state index contributed by atoms with van der Waals surface area (Å²) in [4.78, 5) is 16.3. The smallest absolute Gasteiger partial charge is 0.242 e. The molecule has 1 heterocycles. The summed E-state index contributed by atoms with van der Waals surface area (Å²) in [6.07, 6.45) is 2.70. The highest BCUT2D eigenvalue weighted by atomic mass is 35.5. The third-order valence-electron chi connectivity index (χ3n) is 1.55. The Morgan fingerprint density at radius 1 is 1.79 bits per heavy atom. The molecule has 0 saturated heterocycles. The molecule has 14 heavy (non-hydrogen) atoms. The summed E-state index contributed by atoms with van der Waals surface area (Å²) in [5, 5.41) is 3.26. The van der Waals surface area contributed by atoms with E-state index >= 15 is 0 Å². The van der Waals surface area contributed by atoms with Gasteiger partial charge in [0.05, 0.1) is 6.04 Å². The predicted molar refractivity (Wildman–Crippen MR) is 61.0 cm³/mol. The Bertz CT molecular complexity index is 301. The number of carbonyl (C=O) groups excluding carboxylic acids is 1. The van der Waals surface area contributed by atoms with E-state index in [1.54, 1.807) is 13.1 Å². The monoisotopic (exact) mass is 235 g/mol. The van der Waals surface area contributed by atoms with Gasteiger partial charge in [-0.3, -0.25) is 4.79 Å². The predicted octanol–water partition coefficient (Wildman–Crippen LogP) is 1.41. The second-order valence-corrected chi connectivity index (χ2v) is 3.88. The minimum atomic E-state index is -0.492. The topological polar surface area (TPSA) is 68.0 Å². The van der Waals surface area contributed by atoms with E-state index in [1.165, 1.54) is 11.3 Å². The fourth-order valence-electron chi connectivity index (χ4n) is 0.748. The van der Waals surface area contributed by atoms with Gasteiger partial charge in [-0.25, -0.2) is 4.98 Å². The first kappa shape index (κ1) is 13.4. The fraction of sp³-hybridized carbons (Fsp3) is 0.500. The molecule has 0 saturated carbocycles. The molecule has 0 aliphatic heterocycles.